The van der Waals surface area contributed by atoms with Gasteiger partial charge in [0.05, 0.1) is 0 Å². The van der Waals surface area contributed by atoms with Gasteiger partial charge in [-0.25, -0.2) is 0 Å². The summed E-state index contributed by atoms with van der Waals surface area (Å²) in [7, 11) is 0. The fourth-order valence-electron chi connectivity index (χ4n) is 5.08. The summed E-state index contributed by atoms with van der Waals surface area (Å²) in [4.78, 5) is 0. The first kappa shape index (κ1) is 33.1. The van der Waals surface area contributed by atoms with Crippen molar-refractivity contribution in [3.05, 3.63) is 95.1 Å². The van der Waals surface area contributed by atoms with E-state index in [1.807, 2.05) is 12.2 Å². The van der Waals surface area contributed by atoms with E-state index in [4.69, 9.17) is 4.74 Å². The monoisotopic (exact) mass is 530 g/mol. The van der Waals surface area contributed by atoms with Gasteiger partial charge in [-0.2, -0.15) is 0 Å². The van der Waals surface area contributed by atoms with Gasteiger partial charge in [-0.05, 0) is 80.7 Å². The summed E-state index contributed by atoms with van der Waals surface area (Å²) < 4.78 is 6.95. The van der Waals surface area contributed by atoms with Crippen LogP contribution >= 0.6 is 0 Å². The fourth-order valence-corrected chi connectivity index (χ4v) is 5.08. The van der Waals surface area contributed by atoms with Gasteiger partial charge in [0.15, 0.2) is 0 Å². The van der Waals surface area contributed by atoms with Crippen LogP contribution in [0.3, 0.4) is 0 Å². The molecule has 0 aliphatic carbocycles. The van der Waals surface area contributed by atoms with E-state index in [0.29, 0.717) is 0 Å². The Morgan fingerprint density at radius 3 is 1.13 bits per heavy atom. The van der Waals surface area contributed by atoms with Crippen LogP contribution in [0.2, 0.25) is 0 Å². The zero-order valence-electron chi connectivity index (χ0n) is 27.4. The number of hydrogen-bond acceptors (Lipinski definition) is 1. The van der Waals surface area contributed by atoms with Crippen LogP contribution < -0.4 is 0 Å². The van der Waals surface area contributed by atoms with E-state index in [1.165, 1.54) is 33.4 Å². The molecular weight excluding hydrogens is 472 g/mol. The molecule has 0 N–H and O–H groups in total. The Bertz CT molecular complexity index is 1040. The van der Waals surface area contributed by atoms with Gasteiger partial charge in [-0.1, -0.05) is 132 Å². The molecule has 2 unspecified atom stereocenters. The van der Waals surface area contributed by atoms with Gasteiger partial charge >= 0.3 is 0 Å². The first-order valence-electron chi connectivity index (χ1n) is 15.3. The van der Waals surface area contributed by atoms with Crippen molar-refractivity contribution in [1.29, 1.82) is 0 Å². The molecule has 2 rings (SSSR count). The highest BCUT2D eigenvalue weighted by atomic mass is 16.5. The zero-order chi connectivity index (χ0) is 29.8. The third-order valence-electron chi connectivity index (χ3n) is 10.00. The van der Waals surface area contributed by atoms with Gasteiger partial charge in [0.2, 0.25) is 0 Å². The Balaban J connectivity index is 2.68. The molecule has 2 atom stereocenters. The topological polar surface area (TPSA) is 9.23 Å². The molecule has 0 aliphatic heterocycles. The minimum absolute atomic E-state index is 0.0200. The first-order chi connectivity index (χ1) is 18.0. The van der Waals surface area contributed by atoms with E-state index in [9.17, 15) is 0 Å². The van der Waals surface area contributed by atoms with Crippen molar-refractivity contribution in [1.82, 2.24) is 0 Å². The Morgan fingerprint density at radius 2 is 0.872 bits per heavy atom. The minimum Gasteiger partial charge on any atom is -0.357 e. The van der Waals surface area contributed by atoms with Crippen LogP contribution in [0, 0.1) is 0 Å². The predicted molar refractivity (Wildman–Crippen MR) is 173 cm³/mol. The molecule has 0 aromatic heterocycles. The third-order valence-corrected chi connectivity index (χ3v) is 10.00. The Hall–Kier alpha value is -2.12. The van der Waals surface area contributed by atoms with Crippen molar-refractivity contribution in [2.24, 2.45) is 0 Å². The average molecular weight is 531 g/mol. The Morgan fingerprint density at radius 1 is 0.564 bits per heavy atom. The van der Waals surface area contributed by atoms with Crippen LogP contribution in [0.5, 0.6) is 0 Å². The lowest BCUT2D eigenvalue weighted by Gasteiger charge is -2.35. The quantitative estimate of drug-likeness (QED) is 0.221. The summed E-state index contributed by atoms with van der Waals surface area (Å²) in [5, 5.41) is 0. The normalized spacial score (nSPS) is 14.7. The highest BCUT2D eigenvalue weighted by Gasteiger charge is 2.31. The SMILES string of the molecule is C=CC(OC(C=C)c1ccc(C(C)(C)CC)cc1C(C)(C)CC)c1ccc(C(C)(C)CC)cc1C(C)(C)CC. The highest BCUT2D eigenvalue weighted by Crippen LogP contribution is 2.42. The zero-order valence-corrected chi connectivity index (χ0v) is 27.4. The van der Waals surface area contributed by atoms with Gasteiger partial charge < -0.3 is 4.74 Å². The molecule has 216 valence electrons. The number of rotatable bonds is 14. The van der Waals surface area contributed by atoms with E-state index < -0.39 is 0 Å². The predicted octanol–water partition coefficient (Wildman–Crippen LogP) is 11.6. The van der Waals surface area contributed by atoms with Crippen LogP contribution in [0.4, 0.5) is 0 Å². The molecule has 1 heteroatoms. The first-order valence-corrected chi connectivity index (χ1v) is 15.3. The van der Waals surface area contributed by atoms with Crippen LogP contribution in [0.25, 0.3) is 0 Å². The lowest BCUT2D eigenvalue weighted by molar-refractivity contribution is 0.0382. The van der Waals surface area contributed by atoms with E-state index in [1.54, 1.807) is 0 Å². The molecule has 0 aliphatic rings. The second kappa shape index (κ2) is 12.6. The molecule has 39 heavy (non-hydrogen) atoms. The van der Waals surface area contributed by atoms with Gasteiger partial charge in [0.1, 0.15) is 12.2 Å². The molecule has 1 nitrogen and oxygen atoms in total. The second-order valence-electron chi connectivity index (χ2n) is 14.0. The highest BCUT2D eigenvalue weighted by molar-refractivity contribution is 5.44. The van der Waals surface area contributed by atoms with Crippen molar-refractivity contribution in [2.45, 2.75) is 143 Å². The molecule has 0 fully saturated rings. The van der Waals surface area contributed by atoms with Crippen molar-refractivity contribution in [3.8, 4) is 0 Å². The second-order valence-corrected chi connectivity index (χ2v) is 14.0. The van der Waals surface area contributed by atoms with E-state index in [0.717, 1.165) is 25.7 Å². The van der Waals surface area contributed by atoms with E-state index >= 15 is 0 Å². The van der Waals surface area contributed by atoms with Crippen molar-refractivity contribution in [2.75, 3.05) is 0 Å². The van der Waals surface area contributed by atoms with Crippen molar-refractivity contribution >= 4 is 0 Å². The number of benzene rings is 2. The minimum atomic E-state index is -0.239. The van der Waals surface area contributed by atoms with E-state index in [2.05, 4.69) is 133 Å². The summed E-state index contributed by atoms with van der Waals surface area (Å²) in [6, 6.07) is 14.0. The van der Waals surface area contributed by atoms with Crippen molar-refractivity contribution < 1.29 is 4.74 Å². The maximum atomic E-state index is 6.95. The Labute approximate surface area is 242 Å². The molecule has 0 amide bonds. The van der Waals surface area contributed by atoms with E-state index in [-0.39, 0.29) is 33.9 Å². The maximum absolute atomic E-state index is 6.95. The molecule has 0 bridgehead atoms. The summed E-state index contributed by atoms with van der Waals surface area (Å²) >= 11 is 0. The average Bonchev–Trinajstić information content (AvgIpc) is 2.93. The summed E-state index contributed by atoms with van der Waals surface area (Å²) in [5.41, 5.74) is 8.18. The molecule has 2 aromatic carbocycles. The molecule has 2 aromatic rings. The number of hydrogen-bond donors (Lipinski definition) is 0. The van der Waals surface area contributed by atoms with Crippen molar-refractivity contribution in [3.63, 3.8) is 0 Å². The van der Waals surface area contributed by atoms with Crippen LogP contribution in [-0.4, -0.2) is 0 Å². The van der Waals surface area contributed by atoms with Crippen LogP contribution in [0.15, 0.2) is 61.7 Å². The summed E-state index contributed by atoms with van der Waals surface area (Å²) in [6.45, 7) is 36.3. The molecule has 0 spiro atoms. The molecule has 0 saturated carbocycles. The molecular formula is C38H58O. The van der Waals surface area contributed by atoms with Gasteiger partial charge in [0.25, 0.3) is 0 Å². The smallest absolute Gasteiger partial charge is 0.102 e. The third kappa shape index (κ3) is 7.15. The largest absolute Gasteiger partial charge is 0.357 e. The molecule has 0 radical (unpaired) electrons. The lowest BCUT2D eigenvalue weighted by Crippen LogP contribution is -2.25. The summed E-state index contributed by atoms with van der Waals surface area (Å²) in [6.07, 6.45) is 7.74. The van der Waals surface area contributed by atoms with Gasteiger partial charge in [-0.3, -0.25) is 0 Å². The lowest BCUT2D eigenvalue weighted by atomic mass is 9.73. The number of ether oxygens (including phenoxy) is 1. The van der Waals surface area contributed by atoms with Crippen LogP contribution in [-0.2, 0) is 26.4 Å². The standard InChI is InChI=1S/C38H58O/c1-15-33(29-23-21-27(35(7,8)17-3)25-31(29)37(11,12)19-5)39-34(16-2)30-24-22-28(36(9,10)18-4)26-32(30)38(13,14)20-6/h15-16,21-26,33-34H,1-2,17-20H2,3-14H3. The molecule has 0 heterocycles. The molecule has 0 saturated heterocycles. The maximum Gasteiger partial charge on any atom is 0.102 e. The summed E-state index contributed by atoms with van der Waals surface area (Å²) in [5.74, 6) is 0. The fraction of sp³-hybridized carbons (Fsp3) is 0.579. The Kier molecular flexibility index (Phi) is 10.7. The van der Waals surface area contributed by atoms with Gasteiger partial charge in [-0.15, -0.1) is 13.2 Å². The van der Waals surface area contributed by atoms with Gasteiger partial charge in [0, 0.05) is 0 Å². The van der Waals surface area contributed by atoms with Crippen LogP contribution in [0.1, 0.15) is 154 Å².